The van der Waals surface area contributed by atoms with Gasteiger partial charge in [0.05, 0.1) is 11.9 Å². The van der Waals surface area contributed by atoms with Gasteiger partial charge in [-0.3, -0.25) is 4.79 Å². The highest BCUT2D eigenvalue weighted by molar-refractivity contribution is 6.00. The van der Waals surface area contributed by atoms with Gasteiger partial charge in [0.15, 0.2) is 5.65 Å². The Kier molecular flexibility index (Phi) is 4.97. The molecule has 0 radical (unpaired) electrons. The maximum atomic E-state index is 13.5. The highest BCUT2D eigenvalue weighted by Crippen LogP contribution is 2.27. The Bertz CT molecular complexity index is 935. The van der Waals surface area contributed by atoms with Gasteiger partial charge in [0.1, 0.15) is 11.3 Å². The summed E-state index contributed by atoms with van der Waals surface area (Å²) in [4.78, 5) is 16.9. The standard InChI is InChI=1S/C19H20F2N4O/c1-4-12(3)23-19(26)14-10-22-25-16(17(20)21)9-15(24-18(14)25)13-7-5-11(2)6-8-13/h5-10,12,17H,4H2,1-3H3,(H,23,26)/t12-/m0/s1. The molecule has 0 bridgehead atoms. The van der Waals surface area contributed by atoms with Gasteiger partial charge in [-0.2, -0.15) is 5.10 Å². The van der Waals surface area contributed by atoms with Crippen molar-refractivity contribution >= 4 is 11.6 Å². The molecule has 1 amide bonds. The lowest BCUT2D eigenvalue weighted by molar-refractivity contribution is 0.0940. The Balaban J connectivity index is 2.15. The molecule has 0 aliphatic rings. The van der Waals surface area contributed by atoms with E-state index in [0.717, 1.165) is 16.5 Å². The number of rotatable bonds is 5. The molecule has 2 aromatic heterocycles. The number of benzene rings is 1. The van der Waals surface area contributed by atoms with E-state index in [0.29, 0.717) is 11.3 Å². The first-order valence-corrected chi connectivity index (χ1v) is 8.45. The summed E-state index contributed by atoms with van der Waals surface area (Å²) in [5.74, 6) is -0.372. The summed E-state index contributed by atoms with van der Waals surface area (Å²) in [6.07, 6.45) is -0.699. The van der Waals surface area contributed by atoms with Crippen molar-refractivity contribution in [2.45, 2.75) is 39.7 Å². The van der Waals surface area contributed by atoms with Gasteiger partial charge in [-0.05, 0) is 26.3 Å². The number of hydrogen-bond acceptors (Lipinski definition) is 3. The minimum Gasteiger partial charge on any atom is -0.349 e. The van der Waals surface area contributed by atoms with Crippen molar-refractivity contribution in [2.24, 2.45) is 0 Å². The van der Waals surface area contributed by atoms with Crippen LogP contribution in [0, 0.1) is 6.92 Å². The maximum absolute atomic E-state index is 13.5. The molecule has 0 spiro atoms. The summed E-state index contributed by atoms with van der Waals surface area (Å²) in [6, 6.07) is 8.68. The number of fused-ring (bicyclic) bond motifs is 1. The summed E-state index contributed by atoms with van der Waals surface area (Å²) in [5.41, 5.74) is 2.15. The van der Waals surface area contributed by atoms with E-state index in [-0.39, 0.29) is 28.9 Å². The van der Waals surface area contributed by atoms with E-state index in [1.807, 2.05) is 45.0 Å². The number of nitrogens with zero attached hydrogens (tertiary/aromatic N) is 3. The fourth-order valence-electron chi connectivity index (χ4n) is 2.58. The fourth-order valence-corrected chi connectivity index (χ4v) is 2.58. The second-order valence-corrected chi connectivity index (χ2v) is 6.31. The third-order valence-electron chi connectivity index (χ3n) is 4.30. The lowest BCUT2D eigenvalue weighted by Gasteiger charge is -2.11. The molecule has 3 rings (SSSR count). The first-order chi connectivity index (χ1) is 12.4. The summed E-state index contributed by atoms with van der Waals surface area (Å²) in [5, 5.41) is 6.78. The molecule has 136 valence electrons. The first kappa shape index (κ1) is 18.0. The van der Waals surface area contributed by atoms with Crippen molar-refractivity contribution in [3.63, 3.8) is 0 Å². The molecule has 1 N–H and O–H groups in total. The van der Waals surface area contributed by atoms with E-state index in [1.165, 1.54) is 12.3 Å². The van der Waals surface area contributed by atoms with Crippen LogP contribution in [0.3, 0.4) is 0 Å². The predicted octanol–water partition coefficient (Wildman–Crippen LogP) is 4.17. The van der Waals surface area contributed by atoms with Crippen LogP contribution in [0.2, 0.25) is 0 Å². The summed E-state index contributed by atoms with van der Waals surface area (Å²) in [7, 11) is 0. The number of carbonyl (C=O) groups is 1. The molecule has 26 heavy (non-hydrogen) atoms. The van der Waals surface area contributed by atoms with Crippen LogP contribution >= 0.6 is 0 Å². The third kappa shape index (κ3) is 3.42. The van der Waals surface area contributed by atoms with Crippen LogP contribution in [0.1, 0.15) is 48.3 Å². The number of halogens is 2. The highest BCUT2D eigenvalue weighted by Gasteiger charge is 2.22. The van der Waals surface area contributed by atoms with E-state index >= 15 is 0 Å². The van der Waals surface area contributed by atoms with Crippen LogP contribution in [0.5, 0.6) is 0 Å². The van der Waals surface area contributed by atoms with Crippen LogP contribution in [0.4, 0.5) is 8.78 Å². The van der Waals surface area contributed by atoms with Crippen LogP contribution in [0.25, 0.3) is 16.9 Å². The molecule has 5 nitrogen and oxygen atoms in total. The van der Waals surface area contributed by atoms with Gasteiger partial charge in [-0.15, -0.1) is 0 Å². The van der Waals surface area contributed by atoms with E-state index in [4.69, 9.17) is 0 Å². The second kappa shape index (κ2) is 7.19. The van der Waals surface area contributed by atoms with Gasteiger partial charge in [0.2, 0.25) is 0 Å². The number of aromatic nitrogens is 3. The lowest BCUT2D eigenvalue weighted by atomic mass is 10.1. The molecule has 0 fully saturated rings. The zero-order chi connectivity index (χ0) is 18.8. The normalized spacial score (nSPS) is 12.5. The number of nitrogens with one attached hydrogen (secondary N) is 1. The molecular weight excluding hydrogens is 338 g/mol. The minimum absolute atomic E-state index is 0.0349. The van der Waals surface area contributed by atoms with E-state index in [1.54, 1.807) is 0 Å². The largest absolute Gasteiger partial charge is 0.349 e. The molecule has 2 heterocycles. The number of amides is 1. The summed E-state index contributed by atoms with van der Waals surface area (Å²) < 4.78 is 28.1. The van der Waals surface area contributed by atoms with Crippen molar-refractivity contribution in [1.29, 1.82) is 0 Å². The SMILES string of the molecule is CC[C@H](C)NC(=O)c1cnn2c(C(F)F)cc(-c3ccc(C)cc3)nc12. The quantitative estimate of drug-likeness (QED) is 0.745. The predicted molar refractivity (Wildman–Crippen MR) is 95.3 cm³/mol. The molecule has 0 aliphatic carbocycles. The van der Waals surface area contributed by atoms with Crippen molar-refractivity contribution in [2.75, 3.05) is 0 Å². The minimum atomic E-state index is -2.74. The molecule has 0 aliphatic heterocycles. The van der Waals surface area contributed by atoms with Gasteiger partial charge < -0.3 is 5.32 Å². The topological polar surface area (TPSA) is 59.3 Å². The van der Waals surface area contributed by atoms with Crippen LogP contribution in [-0.2, 0) is 0 Å². The van der Waals surface area contributed by atoms with Crippen LogP contribution in [-0.4, -0.2) is 26.5 Å². The van der Waals surface area contributed by atoms with Crippen molar-refractivity contribution in [3.8, 4) is 11.3 Å². The number of carbonyl (C=O) groups excluding carboxylic acids is 1. The van der Waals surface area contributed by atoms with E-state index in [9.17, 15) is 13.6 Å². The van der Waals surface area contributed by atoms with Gasteiger partial charge in [0, 0.05) is 11.6 Å². The summed E-state index contributed by atoms with van der Waals surface area (Å²) in [6.45, 7) is 5.77. The molecular formula is C19H20F2N4O. The molecule has 3 aromatic rings. The Labute approximate surface area is 150 Å². The van der Waals surface area contributed by atoms with Crippen LogP contribution in [0.15, 0.2) is 36.5 Å². The molecule has 0 saturated carbocycles. The molecule has 1 atom stereocenters. The molecule has 7 heteroatoms. The Morgan fingerprint density at radius 3 is 2.58 bits per heavy atom. The maximum Gasteiger partial charge on any atom is 0.280 e. The van der Waals surface area contributed by atoms with Crippen molar-refractivity contribution in [3.05, 3.63) is 53.3 Å². The second-order valence-electron chi connectivity index (χ2n) is 6.31. The average molecular weight is 358 g/mol. The Hall–Kier alpha value is -2.83. The van der Waals surface area contributed by atoms with Crippen molar-refractivity contribution < 1.29 is 13.6 Å². The van der Waals surface area contributed by atoms with Crippen molar-refractivity contribution in [1.82, 2.24) is 19.9 Å². The number of hydrogen-bond donors (Lipinski definition) is 1. The average Bonchev–Trinajstić information content (AvgIpc) is 3.05. The van der Waals surface area contributed by atoms with Gasteiger partial charge in [0.25, 0.3) is 12.3 Å². The first-order valence-electron chi connectivity index (χ1n) is 8.45. The zero-order valence-electron chi connectivity index (χ0n) is 14.8. The van der Waals surface area contributed by atoms with Crippen LogP contribution < -0.4 is 5.32 Å². The Morgan fingerprint density at radius 1 is 1.27 bits per heavy atom. The molecule has 1 aromatic carbocycles. The summed E-state index contributed by atoms with van der Waals surface area (Å²) >= 11 is 0. The third-order valence-corrected chi connectivity index (χ3v) is 4.30. The number of aryl methyl sites for hydroxylation is 1. The smallest absolute Gasteiger partial charge is 0.280 e. The monoisotopic (exact) mass is 358 g/mol. The fraction of sp³-hybridized carbons (Fsp3) is 0.316. The van der Waals surface area contributed by atoms with E-state index < -0.39 is 6.43 Å². The van der Waals surface area contributed by atoms with E-state index in [2.05, 4.69) is 15.4 Å². The lowest BCUT2D eigenvalue weighted by Crippen LogP contribution is -2.31. The van der Waals surface area contributed by atoms with Gasteiger partial charge in [-0.25, -0.2) is 18.3 Å². The zero-order valence-corrected chi connectivity index (χ0v) is 14.8. The number of alkyl halides is 2. The van der Waals surface area contributed by atoms with Gasteiger partial charge >= 0.3 is 0 Å². The van der Waals surface area contributed by atoms with Gasteiger partial charge in [-0.1, -0.05) is 36.8 Å². The Morgan fingerprint density at radius 2 is 1.96 bits per heavy atom. The molecule has 0 saturated heterocycles. The molecule has 0 unspecified atom stereocenters. The highest BCUT2D eigenvalue weighted by atomic mass is 19.3.